The number of para-hydroxylation sites is 4. The lowest BCUT2D eigenvalue weighted by Gasteiger charge is -2.16. The van der Waals surface area contributed by atoms with Crippen LogP contribution in [0.15, 0.2) is 65.8 Å². The van der Waals surface area contributed by atoms with Crippen LogP contribution in [0.5, 0.6) is 0 Å². The van der Waals surface area contributed by atoms with Crippen LogP contribution >= 0.6 is 0 Å². The maximum Gasteiger partial charge on any atom is 0.197 e. The third-order valence-corrected chi connectivity index (χ3v) is 6.30. The Morgan fingerprint density at radius 2 is 1.69 bits per heavy atom. The molecule has 6 heteroatoms. The highest BCUT2D eigenvalue weighted by Gasteiger charge is 2.14. The number of anilines is 2. The number of benzene rings is 3. The van der Waals surface area contributed by atoms with Gasteiger partial charge in [0.15, 0.2) is 5.16 Å². The second kappa shape index (κ2) is 8.09. The Balaban J connectivity index is 1.57. The lowest BCUT2D eigenvalue weighted by molar-refractivity contribution is 0.677. The van der Waals surface area contributed by atoms with Crippen LogP contribution in [-0.4, -0.2) is 14.2 Å². The maximum atomic E-state index is 13.0. The molecule has 0 unspecified atom stereocenters. The summed E-state index contributed by atoms with van der Waals surface area (Å²) in [5.41, 5.74) is 14.0. The Hall–Kier alpha value is -3.12. The van der Waals surface area contributed by atoms with Crippen molar-refractivity contribution in [2.75, 3.05) is 11.1 Å². The van der Waals surface area contributed by atoms with Crippen LogP contribution in [0.1, 0.15) is 22.3 Å². The lowest BCUT2D eigenvalue weighted by Crippen LogP contribution is -2.08. The topological polar surface area (TPSA) is 83.8 Å². The van der Waals surface area contributed by atoms with Gasteiger partial charge in [-0.1, -0.05) is 48.5 Å². The molecule has 4 aromatic rings. The number of aryl methyl sites for hydroxylation is 2. The van der Waals surface area contributed by atoms with Gasteiger partial charge in [-0.25, -0.2) is 4.98 Å². The van der Waals surface area contributed by atoms with Crippen LogP contribution in [0.2, 0.25) is 0 Å². The lowest BCUT2D eigenvalue weighted by atomic mass is 10.1. The summed E-state index contributed by atoms with van der Waals surface area (Å²) in [7, 11) is -1.27. The first-order valence-corrected chi connectivity index (χ1v) is 10.8. The average Bonchev–Trinajstić information content (AvgIpc) is 3.15. The monoisotopic (exact) mass is 404 g/mol. The first-order valence-electron chi connectivity index (χ1n) is 9.52. The summed E-state index contributed by atoms with van der Waals surface area (Å²) in [5.74, 6) is 0.382. The van der Waals surface area contributed by atoms with Crippen molar-refractivity contribution < 1.29 is 4.21 Å². The summed E-state index contributed by atoms with van der Waals surface area (Å²) in [6, 6.07) is 19.8. The number of nitrogen functional groups attached to an aromatic ring is 1. The molecule has 0 aliphatic carbocycles. The van der Waals surface area contributed by atoms with E-state index in [9.17, 15) is 4.21 Å². The van der Waals surface area contributed by atoms with Crippen LogP contribution in [0.4, 0.5) is 11.4 Å². The van der Waals surface area contributed by atoms with E-state index in [2.05, 4.69) is 28.3 Å². The highest BCUT2D eigenvalue weighted by atomic mass is 32.2. The van der Waals surface area contributed by atoms with Crippen molar-refractivity contribution in [1.82, 2.24) is 9.97 Å². The molecule has 0 bridgehead atoms. The fourth-order valence-corrected chi connectivity index (χ4v) is 4.51. The molecule has 4 N–H and O–H groups in total. The molecule has 0 saturated carbocycles. The number of imidazole rings is 1. The Kier molecular flexibility index (Phi) is 5.36. The number of fused-ring (bicyclic) bond motifs is 1. The first-order chi connectivity index (χ1) is 14.0. The number of aromatic amines is 1. The Bertz CT molecular complexity index is 1170. The molecular formula is C23H24N4OS. The molecule has 4 rings (SSSR count). The minimum absolute atomic E-state index is 0.382. The predicted octanol–water partition coefficient (Wildman–Crippen LogP) is 4.68. The normalized spacial score (nSPS) is 12.2. The van der Waals surface area contributed by atoms with E-state index in [0.29, 0.717) is 17.5 Å². The van der Waals surface area contributed by atoms with E-state index >= 15 is 0 Å². The SMILES string of the molecule is Cc1cccc(CNc2c(C)cccc2C[S@@](=O)c2nc3ccccc3[nH]2)c1N. The third kappa shape index (κ3) is 4.03. The molecular weight excluding hydrogens is 380 g/mol. The van der Waals surface area contributed by atoms with Crippen molar-refractivity contribution in [3.8, 4) is 0 Å². The van der Waals surface area contributed by atoms with Crippen molar-refractivity contribution in [1.29, 1.82) is 0 Å². The van der Waals surface area contributed by atoms with Crippen molar-refractivity contribution in [3.05, 3.63) is 82.9 Å². The first kappa shape index (κ1) is 19.2. The van der Waals surface area contributed by atoms with E-state index in [1.165, 1.54) is 0 Å². The Morgan fingerprint density at radius 1 is 0.966 bits per heavy atom. The number of nitrogens with zero attached hydrogens (tertiary/aromatic N) is 1. The van der Waals surface area contributed by atoms with Crippen molar-refractivity contribution >= 4 is 33.2 Å². The van der Waals surface area contributed by atoms with Crippen molar-refractivity contribution in [3.63, 3.8) is 0 Å². The van der Waals surface area contributed by atoms with Crippen LogP contribution in [0, 0.1) is 13.8 Å². The zero-order chi connectivity index (χ0) is 20.4. The molecule has 29 heavy (non-hydrogen) atoms. The van der Waals surface area contributed by atoms with Crippen LogP contribution < -0.4 is 11.1 Å². The number of nitrogens with one attached hydrogen (secondary N) is 2. The molecule has 3 aromatic carbocycles. The molecule has 1 atom stereocenters. The summed E-state index contributed by atoms with van der Waals surface area (Å²) in [5, 5.41) is 4.01. The van der Waals surface area contributed by atoms with Gasteiger partial charge in [-0.3, -0.25) is 4.21 Å². The number of H-pyrrole nitrogens is 1. The molecule has 0 saturated heterocycles. The molecule has 0 spiro atoms. The summed E-state index contributed by atoms with van der Waals surface area (Å²) >= 11 is 0. The highest BCUT2D eigenvalue weighted by Crippen LogP contribution is 2.26. The van der Waals surface area contributed by atoms with E-state index in [-0.39, 0.29) is 0 Å². The van der Waals surface area contributed by atoms with Gasteiger partial charge in [0.05, 0.1) is 27.6 Å². The average molecular weight is 405 g/mol. The molecule has 5 nitrogen and oxygen atoms in total. The van der Waals surface area contributed by atoms with Gasteiger partial charge in [0.25, 0.3) is 0 Å². The van der Waals surface area contributed by atoms with E-state index < -0.39 is 10.8 Å². The van der Waals surface area contributed by atoms with E-state index in [1.807, 2.05) is 61.5 Å². The quantitative estimate of drug-likeness (QED) is 0.407. The second-order valence-electron chi connectivity index (χ2n) is 7.16. The third-order valence-electron chi connectivity index (χ3n) is 5.10. The van der Waals surface area contributed by atoms with Gasteiger partial charge >= 0.3 is 0 Å². The molecule has 1 aromatic heterocycles. The smallest absolute Gasteiger partial charge is 0.197 e. The predicted molar refractivity (Wildman–Crippen MR) is 120 cm³/mol. The van der Waals surface area contributed by atoms with E-state index in [0.717, 1.165) is 44.7 Å². The zero-order valence-corrected chi connectivity index (χ0v) is 17.3. The number of nitrogens with two attached hydrogens (primary N) is 1. The maximum absolute atomic E-state index is 13.0. The zero-order valence-electron chi connectivity index (χ0n) is 16.5. The second-order valence-corrected chi connectivity index (χ2v) is 8.53. The molecule has 1 heterocycles. The molecule has 0 fully saturated rings. The van der Waals surface area contributed by atoms with Gasteiger partial charge in [0.2, 0.25) is 0 Å². The number of aromatic nitrogens is 2. The standard InChI is InChI=1S/C23H24N4OS/c1-15-7-5-9-17(21(15)24)13-25-22-16(2)8-6-10-18(22)14-29(28)23-26-19-11-3-4-12-20(19)27-23/h3-12,25H,13-14,24H2,1-2H3,(H,26,27)/t29-/m1/s1. The largest absolute Gasteiger partial charge is 0.398 e. The van der Waals surface area contributed by atoms with Gasteiger partial charge in [0, 0.05) is 17.9 Å². The molecule has 0 radical (unpaired) electrons. The summed E-state index contributed by atoms with van der Waals surface area (Å²) in [6.45, 7) is 4.67. The van der Waals surface area contributed by atoms with Crippen molar-refractivity contribution in [2.24, 2.45) is 0 Å². The van der Waals surface area contributed by atoms with E-state index in [4.69, 9.17) is 5.73 Å². The molecule has 0 aliphatic heterocycles. The van der Waals surface area contributed by atoms with Crippen LogP contribution in [-0.2, 0) is 23.1 Å². The molecule has 0 aliphatic rings. The summed E-state index contributed by atoms with van der Waals surface area (Å²) < 4.78 is 13.0. The van der Waals surface area contributed by atoms with E-state index in [1.54, 1.807) is 0 Å². The number of hydrogen-bond acceptors (Lipinski definition) is 4. The van der Waals surface area contributed by atoms with Gasteiger partial charge in [0.1, 0.15) is 0 Å². The fourth-order valence-electron chi connectivity index (χ4n) is 3.43. The summed E-state index contributed by atoms with van der Waals surface area (Å²) in [6.07, 6.45) is 0. The number of hydrogen-bond donors (Lipinski definition) is 3. The molecule has 0 amide bonds. The fraction of sp³-hybridized carbons (Fsp3) is 0.174. The van der Waals surface area contributed by atoms with Crippen LogP contribution in [0.25, 0.3) is 11.0 Å². The van der Waals surface area contributed by atoms with Crippen molar-refractivity contribution in [2.45, 2.75) is 31.3 Å². The molecule has 148 valence electrons. The van der Waals surface area contributed by atoms with Crippen LogP contribution in [0.3, 0.4) is 0 Å². The minimum atomic E-state index is -1.27. The van der Waals surface area contributed by atoms with Gasteiger partial charge in [-0.15, -0.1) is 0 Å². The van der Waals surface area contributed by atoms with Gasteiger partial charge in [-0.2, -0.15) is 0 Å². The number of rotatable bonds is 6. The highest BCUT2D eigenvalue weighted by molar-refractivity contribution is 7.84. The Morgan fingerprint density at radius 3 is 2.48 bits per heavy atom. The van der Waals surface area contributed by atoms with Gasteiger partial charge in [-0.05, 0) is 48.2 Å². The Labute approximate surface area is 172 Å². The minimum Gasteiger partial charge on any atom is -0.398 e. The summed E-state index contributed by atoms with van der Waals surface area (Å²) in [4.78, 5) is 7.66. The van der Waals surface area contributed by atoms with Gasteiger partial charge < -0.3 is 16.0 Å².